The number of nitrogens with one attached hydrogen (secondary N) is 1. The monoisotopic (exact) mass is 310 g/mol. The molecule has 0 bridgehead atoms. The summed E-state index contributed by atoms with van der Waals surface area (Å²) in [4.78, 5) is 12.2. The Morgan fingerprint density at radius 2 is 1.95 bits per heavy atom. The van der Waals surface area contributed by atoms with Gasteiger partial charge < -0.3 is 16.2 Å². The summed E-state index contributed by atoms with van der Waals surface area (Å²) in [6.45, 7) is 1.80. The number of phenols is 1. The van der Waals surface area contributed by atoms with E-state index in [-0.39, 0.29) is 17.0 Å². The lowest BCUT2D eigenvalue weighted by Crippen LogP contribution is -2.13. The van der Waals surface area contributed by atoms with Crippen molar-refractivity contribution in [3.63, 3.8) is 0 Å². The van der Waals surface area contributed by atoms with Gasteiger partial charge in [0, 0.05) is 0 Å². The third kappa shape index (κ3) is 2.66. The first-order valence-corrected chi connectivity index (χ1v) is 6.51. The van der Waals surface area contributed by atoms with E-state index < -0.39 is 5.91 Å². The predicted octanol–water partition coefficient (Wildman–Crippen LogP) is 3.84. The van der Waals surface area contributed by atoms with Gasteiger partial charge in [0.25, 0.3) is 5.91 Å². The second-order valence-corrected chi connectivity index (χ2v) is 5.04. The fourth-order valence-corrected chi connectivity index (χ4v) is 2.16. The van der Waals surface area contributed by atoms with Crippen molar-refractivity contribution in [2.45, 2.75) is 6.92 Å². The average Bonchev–Trinajstić information content (AvgIpc) is 2.42. The molecule has 0 spiro atoms. The van der Waals surface area contributed by atoms with Gasteiger partial charge in [0.2, 0.25) is 0 Å². The number of aryl methyl sites for hydroxylation is 1. The molecule has 104 valence electrons. The first kappa shape index (κ1) is 14.5. The molecule has 0 saturated carbocycles. The van der Waals surface area contributed by atoms with Gasteiger partial charge in [0.15, 0.2) is 5.75 Å². The van der Waals surface area contributed by atoms with Gasteiger partial charge in [0.1, 0.15) is 0 Å². The van der Waals surface area contributed by atoms with Gasteiger partial charge in [-0.1, -0.05) is 35.3 Å². The minimum absolute atomic E-state index is 0.0543. The Morgan fingerprint density at radius 1 is 1.25 bits per heavy atom. The lowest BCUT2D eigenvalue weighted by Gasteiger charge is -2.12. The molecule has 0 fully saturated rings. The summed E-state index contributed by atoms with van der Waals surface area (Å²) < 4.78 is 0. The molecular weight excluding hydrogens is 299 g/mol. The summed E-state index contributed by atoms with van der Waals surface area (Å²) in [6, 6.07) is 7.91. The van der Waals surface area contributed by atoms with Crippen LogP contribution in [0.2, 0.25) is 10.0 Å². The Bertz CT molecular complexity index is 687. The van der Waals surface area contributed by atoms with Crippen LogP contribution in [-0.4, -0.2) is 11.0 Å². The van der Waals surface area contributed by atoms with Gasteiger partial charge in [-0.2, -0.15) is 0 Å². The number of nitrogens with two attached hydrogens (primary N) is 1. The van der Waals surface area contributed by atoms with Crippen molar-refractivity contribution >= 4 is 40.5 Å². The predicted molar refractivity (Wildman–Crippen MR) is 81.7 cm³/mol. The molecule has 0 unspecified atom stereocenters. The Balaban J connectivity index is 2.38. The summed E-state index contributed by atoms with van der Waals surface area (Å²) in [5.41, 5.74) is 6.82. The van der Waals surface area contributed by atoms with Crippen LogP contribution in [0.4, 0.5) is 11.4 Å². The van der Waals surface area contributed by atoms with E-state index in [4.69, 9.17) is 28.9 Å². The molecule has 2 rings (SSSR count). The zero-order chi connectivity index (χ0) is 14.9. The van der Waals surface area contributed by atoms with Crippen LogP contribution in [0.25, 0.3) is 0 Å². The van der Waals surface area contributed by atoms with Crippen molar-refractivity contribution in [3.8, 4) is 5.75 Å². The van der Waals surface area contributed by atoms with Crippen molar-refractivity contribution in [1.82, 2.24) is 0 Å². The molecule has 20 heavy (non-hydrogen) atoms. The summed E-state index contributed by atoms with van der Waals surface area (Å²) in [7, 11) is 0. The lowest BCUT2D eigenvalue weighted by molar-refractivity contribution is 0.102. The number of aromatic hydroxyl groups is 1. The van der Waals surface area contributed by atoms with Crippen LogP contribution in [0.15, 0.2) is 30.3 Å². The number of carbonyl (C=O) groups is 1. The van der Waals surface area contributed by atoms with E-state index in [0.29, 0.717) is 15.7 Å². The van der Waals surface area contributed by atoms with Gasteiger partial charge >= 0.3 is 0 Å². The fraction of sp³-hybridized carbons (Fsp3) is 0.0714. The first-order chi connectivity index (χ1) is 9.41. The fourth-order valence-electron chi connectivity index (χ4n) is 1.70. The van der Waals surface area contributed by atoms with Gasteiger partial charge in [-0.25, -0.2) is 0 Å². The van der Waals surface area contributed by atoms with E-state index >= 15 is 0 Å². The second kappa shape index (κ2) is 5.61. The third-order valence-electron chi connectivity index (χ3n) is 2.83. The highest BCUT2D eigenvalue weighted by Crippen LogP contribution is 2.34. The summed E-state index contributed by atoms with van der Waals surface area (Å²) >= 11 is 12.1. The Morgan fingerprint density at radius 3 is 2.65 bits per heavy atom. The van der Waals surface area contributed by atoms with E-state index in [1.807, 2.05) is 0 Å². The van der Waals surface area contributed by atoms with E-state index in [2.05, 4.69) is 5.32 Å². The van der Waals surface area contributed by atoms with E-state index in [9.17, 15) is 9.90 Å². The highest BCUT2D eigenvalue weighted by molar-refractivity contribution is 6.40. The molecular formula is C14H12Cl2N2O2. The molecule has 2 aromatic carbocycles. The minimum Gasteiger partial charge on any atom is -0.505 e. The zero-order valence-corrected chi connectivity index (χ0v) is 12.1. The molecule has 0 aliphatic rings. The number of nitrogen functional groups attached to an aromatic ring is 1. The SMILES string of the molecule is Cc1ccc(Cl)c(NC(=O)c2cccc(N)c2O)c1Cl. The van der Waals surface area contributed by atoms with Crippen LogP contribution < -0.4 is 11.1 Å². The summed E-state index contributed by atoms with van der Waals surface area (Å²) in [5.74, 6) is -0.811. The third-order valence-corrected chi connectivity index (χ3v) is 3.64. The summed E-state index contributed by atoms with van der Waals surface area (Å²) in [5, 5.41) is 13.0. The Hall–Kier alpha value is -1.91. The number of carbonyl (C=O) groups excluding carboxylic acids is 1. The standard InChI is InChI=1S/C14H12Cl2N2O2/c1-7-5-6-9(15)12(11(7)16)18-14(20)8-3-2-4-10(17)13(8)19/h2-6,19H,17H2,1H3,(H,18,20). The van der Waals surface area contributed by atoms with E-state index in [1.165, 1.54) is 12.1 Å². The molecule has 0 atom stereocenters. The van der Waals surface area contributed by atoms with Gasteiger partial charge in [-0.15, -0.1) is 0 Å². The normalized spacial score (nSPS) is 10.3. The number of benzene rings is 2. The van der Waals surface area contributed by atoms with E-state index in [0.717, 1.165) is 5.56 Å². The quantitative estimate of drug-likeness (QED) is 0.582. The number of halogens is 2. The Labute approximate surface area is 126 Å². The van der Waals surface area contributed by atoms with Gasteiger partial charge in [-0.3, -0.25) is 4.79 Å². The number of para-hydroxylation sites is 1. The van der Waals surface area contributed by atoms with Crippen molar-refractivity contribution in [3.05, 3.63) is 51.5 Å². The Kier molecular flexibility index (Phi) is 4.06. The van der Waals surface area contributed by atoms with Crippen molar-refractivity contribution in [2.75, 3.05) is 11.1 Å². The number of phenolic OH excluding ortho intramolecular Hbond substituents is 1. The van der Waals surface area contributed by atoms with Crippen LogP contribution >= 0.6 is 23.2 Å². The number of hydrogen-bond acceptors (Lipinski definition) is 3. The van der Waals surface area contributed by atoms with Crippen molar-refractivity contribution < 1.29 is 9.90 Å². The van der Waals surface area contributed by atoms with Crippen LogP contribution in [0.3, 0.4) is 0 Å². The average molecular weight is 311 g/mol. The molecule has 0 aromatic heterocycles. The van der Waals surface area contributed by atoms with Crippen LogP contribution in [-0.2, 0) is 0 Å². The number of hydrogen-bond donors (Lipinski definition) is 3. The molecule has 4 N–H and O–H groups in total. The van der Waals surface area contributed by atoms with Crippen LogP contribution in [0.5, 0.6) is 5.75 Å². The summed E-state index contributed by atoms with van der Waals surface area (Å²) in [6.07, 6.45) is 0. The topological polar surface area (TPSA) is 75.4 Å². The van der Waals surface area contributed by atoms with Gasteiger partial charge in [-0.05, 0) is 30.7 Å². The highest BCUT2D eigenvalue weighted by atomic mass is 35.5. The van der Waals surface area contributed by atoms with Crippen molar-refractivity contribution in [2.24, 2.45) is 0 Å². The second-order valence-electron chi connectivity index (χ2n) is 4.25. The molecule has 0 heterocycles. The largest absolute Gasteiger partial charge is 0.505 e. The first-order valence-electron chi connectivity index (χ1n) is 5.75. The van der Waals surface area contributed by atoms with Crippen LogP contribution in [0.1, 0.15) is 15.9 Å². The minimum atomic E-state index is -0.538. The van der Waals surface area contributed by atoms with Gasteiger partial charge in [0.05, 0.1) is 27.0 Å². The number of rotatable bonds is 2. The maximum atomic E-state index is 12.2. The number of anilines is 2. The molecule has 6 heteroatoms. The molecule has 0 aliphatic heterocycles. The smallest absolute Gasteiger partial charge is 0.259 e. The maximum Gasteiger partial charge on any atom is 0.259 e. The lowest BCUT2D eigenvalue weighted by atomic mass is 10.1. The van der Waals surface area contributed by atoms with Crippen molar-refractivity contribution in [1.29, 1.82) is 0 Å². The molecule has 0 radical (unpaired) electrons. The molecule has 0 aliphatic carbocycles. The zero-order valence-electron chi connectivity index (χ0n) is 10.6. The molecule has 2 aromatic rings. The number of amides is 1. The molecule has 1 amide bonds. The molecule has 4 nitrogen and oxygen atoms in total. The van der Waals surface area contributed by atoms with E-state index in [1.54, 1.807) is 25.1 Å². The van der Waals surface area contributed by atoms with Crippen LogP contribution in [0, 0.1) is 6.92 Å². The molecule has 0 saturated heterocycles. The highest BCUT2D eigenvalue weighted by Gasteiger charge is 2.16. The maximum absolute atomic E-state index is 12.2.